The van der Waals surface area contributed by atoms with E-state index in [1.54, 1.807) is 24.9 Å². The normalized spacial score (nSPS) is 17.9. The van der Waals surface area contributed by atoms with Crippen LogP contribution in [0.2, 0.25) is 10.0 Å². The summed E-state index contributed by atoms with van der Waals surface area (Å²) in [4.78, 5) is 26.6. The lowest BCUT2D eigenvalue weighted by atomic mass is 9.74. The third kappa shape index (κ3) is 6.13. The van der Waals surface area contributed by atoms with E-state index >= 15 is 0 Å². The second kappa shape index (κ2) is 10.8. The van der Waals surface area contributed by atoms with Gasteiger partial charge in [-0.2, -0.15) is 0 Å². The van der Waals surface area contributed by atoms with Gasteiger partial charge in [0.05, 0.1) is 22.7 Å². The summed E-state index contributed by atoms with van der Waals surface area (Å²) in [6.07, 6.45) is 4.32. The first-order valence-corrected chi connectivity index (χ1v) is 12.2. The van der Waals surface area contributed by atoms with Gasteiger partial charge in [0.1, 0.15) is 5.60 Å². The van der Waals surface area contributed by atoms with Crippen molar-refractivity contribution in [2.75, 3.05) is 13.7 Å². The minimum absolute atomic E-state index is 0.0731. The third-order valence-corrected chi connectivity index (χ3v) is 6.53. The van der Waals surface area contributed by atoms with Crippen molar-refractivity contribution in [3.05, 3.63) is 74.8 Å². The Labute approximate surface area is 211 Å². The quantitative estimate of drug-likeness (QED) is 0.314. The molecule has 0 unspecified atom stereocenters. The molecule has 1 aliphatic rings. The van der Waals surface area contributed by atoms with Gasteiger partial charge in [0.25, 0.3) is 0 Å². The number of rotatable bonds is 5. The molecule has 0 aromatic heterocycles. The molecular weight excluding hydrogens is 473 g/mol. The third-order valence-electron chi connectivity index (χ3n) is 5.79. The highest BCUT2D eigenvalue weighted by Crippen LogP contribution is 2.46. The van der Waals surface area contributed by atoms with Gasteiger partial charge in [-0.15, -0.1) is 0 Å². The maximum Gasteiger partial charge on any atom is 0.410 e. The first-order chi connectivity index (χ1) is 16.0. The summed E-state index contributed by atoms with van der Waals surface area (Å²) in [6, 6.07) is 11.5. The van der Waals surface area contributed by atoms with Gasteiger partial charge < -0.3 is 14.4 Å². The molecule has 34 heavy (non-hydrogen) atoms. The van der Waals surface area contributed by atoms with E-state index in [9.17, 15) is 9.59 Å². The molecule has 2 atom stereocenters. The molecule has 0 fully saturated rings. The Morgan fingerprint density at radius 2 is 1.85 bits per heavy atom. The average molecular weight is 504 g/mol. The molecule has 0 radical (unpaired) electrons. The molecule has 7 heteroatoms. The van der Waals surface area contributed by atoms with Gasteiger partial charge in [-0.1, -0.05) is 47.5 Å². The molecule has 182 valence electrons. The van der Waals surface area contributed by atoms with Crippen LogP contribution in [0.25, 0.3) is 6.08 Å². The first-order valence-electron chi connectivity index (χ1n) is 11.4. The Morgan fingerprint density at radius 3 is 2.50 bits per heavy atom. The number of hydrogen-bond acceptors (Lipinski definition) is 4. The van der Waals surface area contributed by atoms with Gasteiger partial charge in [0.15, 0.2) is 0 Å². The van der Waals surface area contributed by atoms with E-state index in [2.05, 4.69) is 6.07 Å². The number of carbonyl (C=O) groups excluding carboxylic acids is 2. The molecule has 0 heterocycles. The molecule has 0 N–H and O–H groups in total. The van der Waals surface area contributed by atoms with Gasteiger partial charge in [-0.05, 0) is 81.0 Å². The lowest BCUT2D eigenvalue weighted by Gasteiger charge is -2.38. The second-order valence-electron chi connectivity index (χ2n) is 9.35. The predicted octanol–water partition coefficient (Wildman–Crippen LogP) is 7.40. The zero-order valence-corrected chi connectivity index (χ0v) is 21.7. The van der Waals surface area contributed by atoms with E-state index in [0.29, 0.717) is 16.7 Å². The van der Waals surface area contributed by atoms with E-state index < -0.39 is 11.6 Å². The number of amides is 1. The molecule has 0 saturated heterocycles. The summed E-state index contributed by atoms with van der Waals surface area (Å²) in [5, 5.41) is 1.02. The molecule has 5 nitrogen and oxygen atoms in total. The Balaban J connectivity index is 2.08. The minimum atomic E-state index is -0.602. The van der Waals surface area contributed by atoms with Crippen LogP contribution in [0.5, 0.6) is 0 Å². The second-order valence-corrected chi connectivity index (χ2v) is 10.2. The molecule has 1 amide bonds. The Kier molecular flexibility index (Phi) is 8.32. The molecule has 0 spiro atoms. The zero-order chi connectivity index (χ0) is 25.0. The topological polar surface area (TPSA) is 55.8 Å². The molecule has 0 bridgehead atoms. The molecule has 3 rings (SSSR count). The summed E-state index contributed by atoms with van der Waals surface area (Å²) in [6.45, 7) is 7.62. The van der Waals surface area contributed by atoms with E-state index in [4.69, 9.17) is 32.7 Å². The van der Waals surface area contributed by atoms with Gasteiger partial charge >= 0.3 is 12.1 Å². The van der Waals surface area contributed by atoms with Crippen molar-refractivity contribution in [3.63, 3.8) is 0 Å². The smallest absolute Gasteiger partial charge is 0.410 e. The number of ether oxygens (including phenoxy) is 2. The molecule has 2 aromatic carbocycles. The average Bonchev–Trinajstić information content (AvgIpc) is 2.77. The van der Waals surface area contributed by atoms with Crippen LogP contribution < -0.4 is 0 Å². The molecule has 2 aromatic rings. The SMILES string of the molecule is CCOC(=O)/C=C\c1cccc2c1[C@@H](N(C)C(=O)OC(C)(C)C)CC[C@H]2c1ccc(Cl)c(Cl)c1. The lowest BCUT2D eigenvalue weighted by Crippen LogP contribution is -2.38. The molecular formula is C27H31Cl2NO4. The van der Waals surface area contributed by atoms with Gasteiger partial charge in [0, 0.05) is 19.0 Å². The summed E-state index contributed by atoms with van der Waals surface area (Å²) < 4.78 is 10.7. The molecule has 0 aliphatic heterocycles. The number of carbonyl (C=O) groups is 2. The van der Waals surface area contributed by atoms with Crippen molar-refractivity contribution >= 4 is 41.3 Å². The Morgan fingerprint density at radius 1 is 1.12 bits per heavy atom. The number of halogens is 2. The van der Waals surface area contributed by atoms with Crippen LogP contribution in [0.4, 0.5) is 4.79 Å². The van der Waals surface area contributed by atoms with Crippen LogP contribution in [0.1, 0.15) is 74.8 Å². The van der Waals surface area contributed by atoms with Crippen molar-refractivity contribution in [2.45, 2.75) is 58.1 Å². The van der Waals surface area contributed by atoms with Crippen LogP contribution >= 0.6 is 23.2 Å². The van der Waals surface area contributed by atoms with Crippen molar-refractivity contribution in [1.29, 1.82) is 0 Å². The van der Waals surface area contributed by atoms with Crippen LogP contribution in [-0.4, -0.2) is 36.2 Å². The Hall–Kier alpha value is -2.50. The highest BCUT2D eigenvalue weighted by Gasteiger charge is 2.35. The van der Waals surface area contributed by atoms with Crippen molar-refractivity contribution < 1.29 is 19.1 Å². The van der Waals surface area contributed by atoms with Crippen LogP contribution in [0.3, 0.4) is 0 Å². The monoisotopic (exact) mass is 503 g/mol. The maximum atomic E-state index is 12.9. The number of hydrogen-bond donors (Lipinski definition) is 0. The summed E-state index contributed by atoms with van der Waals surface area (Å²) in [7, 11) is 1.76. The van der Waals surface area contributed by atoms with Gasteiger partial charge in [0.2, 0.25) is 0 Å². The standard InChI is InChI=1S/C27H31Cl2NO4/c1-6-33-24(31)15-11-17-8-7-9-20-19(18-10-13-21(28)22(29)16-18)12-14-23(25(17)20)30(5)26(32)34-27(2,3)4/h7-11,13,15-16,19,23H,6,12,14H2,1-5H3/b15-11-/t19-,23-/m0/s1. The maximum absolute atomic E-state index is 12.9. The summed E-state index contributed by atoms with van der Waals surface area (Å²) in [5.41, 5.74) is 3.38. The minimum Gasteiger partial charge on any atom is -0.463 e. The number of benzene rings is 2. The fourth-order valence-corrected chi connectivity index (χ4v) is 4.64. The van der Waals surface area contributed by atoms with Crippen molar-refractivity contribution in [2.24, 2.45) is 0 Å². The number of fused-ring (bicyclic) bond motifs is 1. The summed E-state index contributed by atoms with van der Waals surface area (Å²) in [5.74, 6) is -0.335. The van der Waals surface area contributed by atoms with Crippen LogP contribution in [0.15, 0.2) is 42.5 Å². The highest BCUT2D eigenvalue weighted by atomic mass is 35.5. The predicted molar refractivity (Wildman–Crippen MR) is 136 cm³/mol. The Bertz CT molecular complexity index is 1090. The number of nitrogens with zero attached hydrogens (tertiary/aromatic N) is 1. The van der Waals surface area contributed by atoms with Crippen LogP contribution in [-0.2, 0) is 14.3 Å². The summed E-state index contributed by atoms with van der Waals surface area (Å²) >= 11 is 12.5. The van der Waals surface area contributed by atoms with Crippen LogP contribution in [0, 0.1) is 0 Å². The highest BCUT2D eigenvalue weighted by molar-refractivity contribution is 6.42. The van der Waals surface area contributed by atoms with Gasteiger partial charge in [-0.3, -0.25) is 0 Å². The van der Waals surface area contributed by atoms with E-state index in [-0.39, 0.29) is 18.1 Å². The van der Waals surface area contributed by atoms with E-state index in [1.807, 2.05) is 51.1 Å². The fraction of sp³-hybridized carbons (Fsp3) is 0.407. The first kappa shape index (κ1) is 26.1. The van der Waals surface area contributed by atoms with Gasteiger partial charge in [-0.25, -0.2) is 9.59 Å². The molecule has 0 saturated carbocycles. The van der Waals surface area contributed by atoms with E-state index in [1.165, 1.54) is 6.08 Å². The zero-order valence-electron chi connectivity index (χ0n) is 20.2. The largest absolute Gasteiger partial charge is 0.463 e. The van der Waals surface area contributed by atoms with E-state index in [0.717, 1.165) is 35.1 Å². The van der Waals surface area contributed by atoms with Crippen molar-refractivity contribution in [1.82, 2.24) is 4.90 Å². The molecule has 1 aliphatic carbocycles. The van der Waals surface area contributed by atoms with Crippen molar-refractivity contribution in [3.8, 4) is 0 Å². The lowest BCUT2D eigenvalue weighted by molar-refractivity contribution is -0.137. The fourth-order valence-electron chi connectivity index (χ4n) is 4.33. The number of esters is 1.